The average Bonchev–Trinajstić information content (AvgIpc) is 2.31. The van der Waals surface area contributed by atoms with Crippen LogP contribution < -0.4 is 10.1 Å². The van der Waals surface area contributed by atoms with Crippen molar-refractivity contribution in [3.8, 4) is 5.75 Å². The van der Waals surface area contributed by atoms with Crippen LogP contribution in [0.5, 0.6) is 5.75 Å². The maximum absolute atomic E-state index is 5.46. The molecule has 0 bridgehead atoms. The summed E-state index contributed by atoms with van der Waals surface area (Å²) in [6.07, 6.45) is 0. The highest BCUT2D eigenvalue weighted by molar-refractivity contribution is 5.27. The Morgan fingerprint density at radius 3 is 2.33 bits per heavy atom. The van der Waals surface area contributed by atoms with Gasteiger partial charge in [0, 0.05) is 31.7 Å². The smallest absolute Gasteiger partial charge is 0.119 e. The van der Waals surface area contributed by atoms with Gasteiger partial charge in [0.15, 0.2) is 0 Å². The molecule has 0 saturated carbocycles. The van der Waals surface area contributed by atoms with Crippen LogP contribution in [-0.2, 0) is 6.54 Å². The fourth-order valence-electron chi connectivity index (χ4n) is 2.69. The minimum Gasteiger partial charge on any atom is -0.494 e. The molecule has 0 spiro atoms. The van der Waals surface area contributed by atoms with Crippen LogP contribution in [0.1, 0.15) is 26.3 Å². The molecule has 0 aliphatic carbocycles. The number of ether oxygens (including phenoxy) is 1. The van der Waals surface area contributed by atoms with E-state index in [0.717, 1.165) is 32.0 Å². The molecular formula is C15H24N2O. The molecule has 1 heterocycles. The number of piperazine rings is 1. The predicted octanol–water partition coefficient (Wildman–Crippen LogP) is 2.27. The van der Waals surface area contributed by atoms with Gasteiger partial charge in [-0.1, -0.05) is 12.1 Å². The first kappa shape index (κ1) is 13.4. The second-order valence-electron chi connectivity index (χ2n) is 5.24. The topological polar surface area (TPSA) is 24.5 Å². The molecule has 0 aromatic heterocycles. The largest absolute Gasteiger partial charge is 0.494 e. The molecule has 1 saturated heterocycles. The molecule has 2 atom stereocenters. The van der Waals surface area contributed by atoms with Gasteiger partial charge in [-0.25, -0.2) is 0 Å². The highest BCUT2D eigenvalue weighted by Gasteiger charge is 2.20. The molecule has 0 radical (unpaired) electrons. The lowest BCUT2D eigenvalue weighted by molar-refractivity contribution is 0.166. The summed E-state index contributed by atoms with van der Waals surface area (Å²) in [7, 11) is 0. The molecule has 2 rings (SSSR count). The second kappa shape index (κ2) is 6.21. The van der Waals surface area contributed by atoms with E-state index in [1.165, 1.54) is 5.56 Å². The molecule has 100 valence electrons. The molecule has 2 unspecified atom stereocenters. The molecule has 0 amide bonds. The van der Waals surface area contributed by atoms with Crippen molar-refractivity contribution >= 4 is 0 Å². The van der Waals surface area contributed by atoms with Crippen molar-refractivity contribution < 1.29 is 4.74 Å². The summed E-state index contributed by atoms with van der Waals surface area (Å²) < 4.78 is 5.46. The van der Waals surface area contributed by atoms with Crippen LogP contribution in [0.15, 0.2) is 24.3 Å². The summed E-state index contributed by atoms with van der Waals surface area (Å²) in [6.45, 7) is 10.5. The van der Waals surface area contributed by atoms with E-state index >= 15 is 0 Å². The van der Waals surface area contributed by atoms with Crippen LogP contribution in [0.3, 0.4) is 0 Å². The number of rotatable bonds is 4. The maximum atomic E-state index is 5.46. The van der Waals surface area contributed by atoms with E-state index in [9.17, 15) is 0 Å². The Hall–Kier alpha value is -1.06. The van der Waals surface area contributed by atoms with Gasteiger partial charge >= 0.3 is 0 Å². The Balaban J connectivity index is 1.92. The molecule has 1 aliphatic heterocycles. The van der Waals surface area contributed by atoms with Gasteiger partial charge in [0.1, 0.15) is 5.75 Å². The van der Waals surface area contributed by atoms with Crippen molar-refractivity contribution in [3.63, 3.8) is 0 Å². The van der Waals surface area contributed by atoms with Crippen LogP contribution in [-0.4, -0.2) is 36.7 Å². The monoisotopic (exact) mass is 248 g/mol. The fourth-order valence-corrected chi connectivity index (χ4v) is 2.69. The first-order chi connectivity index (χ1) is 8.67. The Morgan fingerprint density at radius 2 is 1.78 bits per heavy atom. The summed E-state index contributed by atoms with van der Waals surface area (Å²) in [6, 6.07) is 9.62. The Bertz CT molecular complexity index is 353. The Labute approximate surface area is 110 Å². The average molecular weight is 248 g/mol. The minimum atomic E-state index is 0.580. The lowest BCUT2D eigenvalue weighted by atomic mass is 10.1. The van der Waals surface area contributed by atoms with E-state index in [1.54, 1.807) is 0 Å². The van der Waals surface area contributed by atoms with Gasteiger partial charge in [-0.2, -0.15) is 0 Å². The molecule has 1 aromatic carbocycles. The summed E-state index contributed by atoms with van der Waals surface area (Å²) >= 11 is 0. The molecule has 1 fully saturated rings. The van der Waals surface area contributed by atoms with Gasteiger partial charge in [0.25, 0.3) is 0 Å². The third-order valence-electron chi connectivity index (χ3n) is 3.27. The van der Waals surface area contributed by atoms with E-state index in [2.05, 4.69) is 48.3 Å². The molecule has 18 heavy (non-hydrogen) atoms. The van der Waals surface area contributed by atoms with Gasteiger partial charge in [-0.05, 0) is 38.5 Å². The van der Waals surface area contributed by atoms with E-state index in [0.29, 0.717) is 12.1 Å². The van der Waals surface area contributed by atoms with Gasteiger partial charge in [-0.3, -0.25) is 4.90 Å². The summed E-state index contributed by atoms with van der Waals surface area (Å²) in [4.78, 5) is 2.52. The third-order valence-corrected chi connectivity index (χ3v) is 3.27. The van der Waals surface area contributed by atoms with Crippen molar-refractivity contribution in [1.29, 1.82) is 0 Å². The van der Waals surface area contributed by atoms with Crippen molar-refractivity contribution in [2.45, 2.75) is 39.4 Å². The SMILES string of the molecule is CCOc1ccc(CN2CC(C)NC(C)C2)cc1. The highest BCUT2D eigenvalue weighted by atomic mass is 16.5. The van der Waals surface area contributed by atoms with Crippen LogP contribution >= 0.6 is 0 Å². The normalized spacial score (nSPS) is 25.1. The van der Waals surface area contributed by atoms with Crippen LogP contribution in [0.2, 0.25) is 0 Å². The molecule has 3 nitrogen and oxygen atoms in total. The van der Waals surface area contributed by atoms with Gasteiger partial charge in [0.2, 0.25) is 0 Å². The van der Waals surface area contributed by atoms with Gasteiger partial charge in [0.05, 0.1) is 6.61 Å². The molecule has 1 aliphatic rings. The third kappa shape index (κ3) is 3.72. The lowest BCUT2D eigenvalue weighted by Crippen LogP contribution is -2.53. The zero-order valence-electron chi connectivity index (χ0n) is 11.6. The van der Waals surface area contributed by atoms with Crippen LogP contribution in [0, 0.1) is 0 Å². The van der Waals surface area contributed by atoms with Crippen molar-refractivity contribution in [3.05, 3.63) is 29.8 Å². The van der Waals surface area contributed by atoms with Gasteiger partial charge < -0.3 is 10.1 Å². The number of hydrogen-bond acceptors (Lipinski definition) is 3. The van der Waals surface area contributed by atoms with E-state index in [4.69, 9.17) is 4.74 Å². The quantitative estimate of drug-likeness (QED) is 0.884. The number of nitrogens with one attached hydrogen (secondary N) is 1. The fraction of sp³-hybridized carbons (Fsp3) is 0.600. The van der Waals surface area contributed by atoms with Crippen LogP contribution in [0.25, 0.3) is 0 Å². The highest BCUT2D eigenvalue weighted by Crippen LogP contribution is 2.15. The number of hydrogen-bond donors (Lipinski definition) is 1. The van der Waals surface area contributed by atoms with Crippen LogP contribution in [0.4, 0.5) is 0 Å². The first-order valence-electron chi connectivity index (χ1n) is 6.87. The molecule has 1 aromatic rings. The second-order valence-corrected chi connectivity index (χ2v) is 5.24. The molecule has 1 N–H and O–H groups in total. The predicted molar refractivity (Wildman–Crippen MR) is 74.9 cm³/mol. The van der Waals surface area contributed by atoms with Crippen molar-refractivity contribution in [2.24, 2.45) is 0 Å². The number of nitrogens with zero attached hydrogens (tertiary/aromatic N) is 1. The summed E-state index contributed by atoms with van der Waals surface area (Å²) in [5.41, 5.74) is 1.36. The minimum absolute atomic E-state index is 0.580. The van der Waals surface area contributed by atoms with E-state index in [1.807, 2.05) is 6.92 Å². The zero-order valence-corrected chi connectivity index (χ0v) is 11.6. The number of benzene rings is 1. The van der Waals surface area contributed by atoms with Crippen molar-refractivity contribution in [1.82, 2.24) is 10.2 Å². The first-order valence-corrected chi connectivity index (χ1v) is 6.87. The summed E-state index contributed by atoms with van der Waals surface area (Å²) in [5.74, 6) is 0.961. The van der Waals surface area contributed by atoms with Gasteiger partial charge in [-0.15, -0.1) is 0 Å². The Kier molecular flexibility index (Phi) is 4.61. The lowest BCUT2D eigenvalue weighted by Gasteiger charge is -2.36. The maximum Gasteiger partial charge on any atom is 0.119 e. The van der Waals surface area contributed by atoms with E-state index in [-0.39, 0.29) is 0 Å². The summed E-state index contributed by atoms with van der Waals surface area (Å²) in [5, 5.41) is 3.56. The molecule has 3 heteroatoms. The van der Waals surface area contributed by atoms with Crippen molar-refractivity contribution in [2.75, 3.05) is 19.7 Å². The standard InChI is InChI=1S/C15H24N2O/c1-4-18-15-7-5-14(6-8-15)11-17-9-12(2)16-13(3)10-17/h5-8,12-13,16H,4,9-11H2,1-3H3. The molecular weight excluding hydrogens is 224 g/mol. The van der Waals surface area contributed by atoms with E-state index < -0.39 is 0 Å². The Morgan fingerprint density at radius 1 is 1.17 bits per heavy atom. The zero-order chi connectivity index (χ0) is 13.0.